The molecule has 1 atom stereocenters. The number of sulfonamides is 1. The lowest BCUT2D eigenvalue weighted by Crippen LogP contribution is -2.53. The average Bonchev–Trinajstić information content (AvgIpc) is 2.13. The number of piperidine rings is 1. The minimum Gasteiger partial charge on any atom is -0.480 e. The summed E-state index contributed by atoms with van der Waals surface area (Å²) in [6.45, 7) is 5.27. The van der Waals surface area contributed by atoms with E-state index in [2.05, 4.69) is 23.9 Å². The Balaban J connectivity index is 2.52. The first-order valence-electron chi connectivity index (χ1n) is 5.65. The molecule has 3 N–H and O–H groups in total. The Bertz CT molecular complexity index is 378. The van der Waals surface area contributed by atoms with Crippen LogP contribution in [-0.4, -0.2) is 44.4 Å². The van der Waals surface area contributed by atoms with E-state index < -0.39 is 21.7 Å². The van der Waals surface area contributed by atoms with Gasteiger partial charge in [0.2, 0.25) is 10.0 Å². The molecule has 100 valence electrons. The van der Waals surface area contributed by atoms with E-state index in [-0.39, 0.29) is 18.0 Å². The van der Waals surface area contributed by atoms with Gasteiger partial charge in [-0.3, -0.25) is 4.79 Å². The summed E-state index contributed by atoms with van der Waals surface area (Å²) in [4.78, 5) is 10.4. The molecule has 0 aromatic rings. The van der Waals surface area contributed by atoms with Crippen molar-refractivity contribution in [2.45, 2.75) is 32.7 Å². The Hall–Kier alpha value is -0.660. The van der Waals surface area contributed by atoms with Gasteiger partial charge < -0.3 is 10.4 Å². The van der Waals surface area contributed by atoms with Gasteiger partial charge in [0.25, 0.3) is 0 Å². The number of carbonyl (C=O) groups is 1. The van der Waals surface area contributed by atoms with Crippen molar-refractivity contribution in [2.75, 3.05) is 18.8 Å². The fourth-order valence-corrected chi connectivity index (χ4v) is 2.89. The highest BCUT2D eigenvalue weighted by molar-refractivity contribution is 7.90. The smallest absolute Gasteiger partial charge is 0.320 e. The number of aliphatic carboxylic acids is 1. The molecule has 17 heavy (non-hydrogen) atoms. The van der Waals surface area contributed by atoms with E-state index in [1.54, 1.807) is 0 Å². The van der Waals surface area contributed by atoms with Gasteiger partial charge in [-0.15, -0.1) is 0 Å². The van der Waals surface area contributed by atoms with Crippen LogP contribution in [0.5, 0.6) is 0 Å². The fraction of sp³-hybridized carbons (Fsp3) is 0.900. The molecule has 6 nitrogen and oxygen atoms in total. The van der Waals surface area contributed by atoms with Crippen LogP contribution >= 0.6 is 0 Å². The predicted molar refractivity (Wildman–Crippen MR) is 64.2 cm³/mol. The number of carboxylic acid groups (broad SMARTS) is 1. The van der Waals surface area contributed by atoms with Crippen molar-refractivity contribution >= 4 is 16.0 Å². The molecule has 0 aromatic heterocycles. The summed E-state index contributed by atoms with van der Waals surface area (Å²) in [5.74, 6) is -2.21. The number of nitrogens with one attached hydrogen (secondary N) is 2. The minimum absolute atomic E-state index is 0.0179. The maximum absolute atomic E-state index is 11.4. The van der Waals surface area contributed by atoms with Gasteiger partial charge in [-0.25, -0.2) is 13.1 Å². The molecule has 0 bridgehead atoms. The molecule has 0 aliphatic carbocycles. The van der Waals surface area contributed by atoms with E-state index in [0.717, 1.165) is 19.4 Å². The van der Waals surface area contributed by atoms with Crippen LogP contribution in [0.4, 0.5) is 0 Å². The Labute approximate surface area is 102 Å². The van der Waals surface area contributed by atoms with Crippen LogP contribution in [0.3, 0.4) is 0 Å². The quantitative estimate of drug-likeness (QED) is 0.637. The summed E-state index contributed by atoms with van der Waals surface area (Å²) in [5.41, 5.74) is 0.0179. The molecular formula is C10H20N2O4S. The highest BCUT2D eigenvalue weighted by atomic mass is 32.2. The molecule has 7 heteroatoms. The Kier molecular flexibility index (Phi) is 4.51. The highest BCUT2D eigenvalue weighted by Crippen LogP contribution is 2.29. The Morgan fingerprint density at radius 2 is 2.18 bits per heavy atom. The third kappa shape index (κ3) is 4.61. The van der Waals surface area contributed by atoms with Crippen LogP contribution in [0.25, 0.3) is 0 Å². The second-order valence-electron chi connectivity index (χ2n) is 5.10. The average molecular weight is 264 g/mol. The summed E-state index contributed by atoms with van der Waals surface area (Å²) < 4.78 is 25.1. The van der Waals surface area contributed by atoms with Crippen molar-refractivity contribution in [3.05, 3.63) is 0 Å². The van der Waals surface area contributed by atoms with Crippen molar-refractivity contribution in [3.63, 3.8) is 0 Å². The standard InChI is InChI=1S/C10H20N2O4S/c1-10(2)4-3-5-11-8(10)6-12-17(15,16)7-9(13)14/h8,11-12H,3-7H2,1-2H3,(H,13,14). The van der Waals surface area contributed by atoms with Crippen molar-refractivity contribution in [2.24, 2.45) is 5.41 Å². The number of hydrogen-bond donors (Lipinski definition) is 3. The van der Waals surface area contributed by atoms with E-state index in [9.17, 15) is 13.2 Å². The third-order valence-electron chi connectivity index (χ3n) is 3.15. The summed E-state index contributed by atoms with van der Waals surface area (Å²) in [7, 11) is -3.72. The van der Waals surface area contributed by atoms with Crippen molar-refractivity contribution in [1.29, 1.82) is 0 Å². The SMILES string of the molecule is CC1(C)CCCNC1CNS(=O)(=O)CC(=O)O. The van der Waals surface area contributed by atoms with Gasteiger partial charge in [0.15, 0.2) is 5.75 Å². The monoisotopic (exact) mass is 264 g/mol. The first-order valence-corrected chi connectivity index (χ1v) is 7.31. The first kappa shape index (κ1) is 14.4. The molecule has 1 rings (SSSR count). The van der Waals surface area contributed by atoms with Crippen molar-refractivity contribution in [1.82, 2.24) is 10.0 Å². The van der Waals surface area contributed by atoms with Crippen LogP contribution in [0.15, 0.2) is 0 Å². The minimum atomic E-state index is -3.72. The zero-order valence-electron chi connectivity index (χ0n) is 10.2. The van der Waals surface area contributed by atoms with Crippen molar-refractivity contribution < 1.29 is 18.3 Å². The Morgan fingerprint density at radius 1 is 1.53 bits per heavy atom. The zero-order valence-corrected chi connectivity index (χ0v) is 11.0. The maximum Gasteiger partial charge on any atom is 0.320 e. The topological polar surface area (TPSA) is 95.5 Å². The summed E-state index contributed by atoms with van der Waals surface area (Å²) >= 11 is 0. The van der Waals surface area contributed by atoms with Gasteiger partial charge in [-0.05, 0) is 24.8 Å². The first-order chi connectivity index (χ1) is 7.73. The molecule has 0 amide bonds. The lowest BCUT2D eigenvalue weighted by molar-refractivity contribution is -0.134. The van der Waals surface area contributed by atoms with Gasteiger partial charge in [0.05, 0.1) is 0 Å². The molecule has 0 saturated carbocycles. The summed E-state index contributed by atoms with van der Waals surface area (Å²) in [5, 5.41) is 11.7. The molecule has 1 aliphatic rings. The second kappa shape index (κ2) is 5.32. The van der Waals surface area contributed by atoms with E-state index in [1.165, 1.54) is 0 Å². The van der Waals surface area contributed by atoms with Gasteiger partial charge >= 0.3 is 5.97 Å². The fourth-order valence-electron chi connectivity index (χ4n) is 2.04. The molecule has 1 aliphatic heterocycles. The van der Waals surface area contributed by atoms with Crippen LogP contribution in [0.2, 0.25) is 0 Å². The lowest BCUT2D eigenvalue weighted by atomic mass is 9.78. The lowest BCUT2D eigenvalue weighted by Gasteiger charge is -2.39. The Morgan fingerprint density at radius 3 is 2.71 bits per heavy atom. The molecule has 1 unspecified atom stereocenters. The van der Waals surface area contributed by atoms with Gasteiger partial charge in [0, 0.05) is 12.6 Å². The number of hydrogen-bond acceptors (Lipinski definition) is 4. The van der Waals surface area contributed by atoms with E-state index in [1.807, 2.05) is 0 Å². The summed E-state index contributed by atoms with van der Waals surface area (Å²) in [6, 6.07) is 0.0415. The normalized spacial score (nSPS) is 24.5. The molecule has 0 spiro atoms. The van der Waals surface area contributed by atoms with Gasteiger partial charge in [-0.2, -0.15) is 0 Å². The number of carboxylic acids is 1. The highest BCUT2D eigenvalue weighted by Gasteiger charge is 2.32. The largest absolute Gasteiger partial charge is 0.480 e. The zero-order chi connectivity index (χ0) is 13.1. The molecule has 0 aromatic carbocycles. The maximum atomic E-state index is 11.4. The van der Waals surface area contributed by atoms with Crippen LogP contribution < -0.4 is 10.0 Å². The molecule has 1 heterocycles. The van der Waals surface area contributed by atoms with Gasteiger partial charge in [0.1, 0.15) is 0 Å². The van der Waals surface area contributed by atoms with E-state index in [4.69, 9.17) is 5.11 Å². The van der Waals surface area contributed by atoms with Crippen LogP contribution in [0, 0.1) is 5.41 Å². The van der Waals surface area contributed by atoms with E-state index >= 15 is 0 Å². The third-order valence-corrected chi connectivity index (χ3v) is 4.39. The van der Waals surface area contributed by atoms with Gasteiger partial charge in [-0.1, -0.05) is 13.8 Å². The molecule has 1 fully saturated rings. The molecule has 1 saturated heterocycles. The van der Waals surface area contributed by atoms with Crippen molar-refractivity contribution in [3.8, 4) is 0 Å². The van der Waals surface area contributed by atoms with Crippen LogP contribution in [-0.2, 0) is 14.8 Å². The molecule has 0 radical (unpaired) electrons. The summed E-state index contributed by atoms with van der Waals surface area (Å²) in [6.07, 6.45) is 2.11. The predicted octanol–water partition coefficient (Wildman–Crippen LogP) is -0.231. The number of rotatable bonds is 5. The molecular weight excluding hydrogens is 244 g/mol. The van der Waals surface area contributed by atoms with Crippen LogP contribution in [0.1, 0.15) is 26.7 Å². The van der Waals surface area contributed by atoms with E-state index in [0.29, 0.717) is 0 Å². The second-order valence-corrected chi connectivity index (χ2v) is 6.91.